The molecule has 3 aliphatic carbocycles. The SMILES string of the molecule is CC1(C)c2ccccc2-c2ccc(N(c3ccc(-c4ccccc4)cc3)c3cccc4c3-c3cc5c(cc3C4(C)C)-c3ccc(-c4ccc6sc7ccccc7c6c4)cc3C5(C)C)cc21. The molecule has 0 atom stereocenters. The van der Waals surface area contributed by atoms with E-state index in [4.69, 9.17) is 0 Å². The maximum absolute atomic E-state index is 2.57. The van der Waals surface area contributed by atoms with E-state index in [1.807, 2.05) is 11.3 Å². The molecule has 0 radical (unpaired) electrons. The van der Waals surface area contributed by atoms with Gasteiger partial charge in [-0.05, 0) is 150 Å². The number of hydrogen-bond donors (Lipinski definition) is 0. The number of benzene rings is 9. The van der Waals surface area contributed by atoms with Crippen molar-refractivity contribution < 1.29 is 0 Å². The largest absolute Gasteiger partial charge is 0.310 e. The van der Waals surface area contributed by atoms with E-state index in [1.54, 1.807) is 0 Å². The zero-order valence-corrected chi connectivity index (χ0v) is 38.6. The molecule has 3 aliphatic rings. The number of nitrogens with zero attached hydrogens (tertiary/aromatic N) is 1. The van der Waals surface area contributed by atoms with Gasteiger partial charge < -0.3 is 4.90 Å². The van der Waals surface area contributed by atoms with Crippen molar-refractivity contribution in [2.24, 2.45) is 0 Å². The molecule has 0 unspecified atom stereocenters. The van der Waals surface area contributed by atoms with Crippen molar-refractivity contribution in [3.05, 3.63) is 221 Å². The van der Waals surface area contributed by atoms with Crippen molar-refractivity contribution in [2.75, 3.05) is 4.90 Å². The van der Waals surface area contributed by atoms with Crippen LogP contribution in [0, 0.1) is 0 Å². The fourth-order valence-electron chi connectivity index (χ4n) is 12.0. The lowest BCUT2D eigenvalue weighted by Gasteiger charge is -2.30. The second kappa shape index (κ2) is 13.5. The summed E-state index contributed by atoms with van der Waals surface area (Å²) in [5, 5.41) is 2.68. The summed E-state index contributed by atoms with van der Waals surface area (Å²) in [6.45, 7) is 14.5. The zero-order chi connectivity index (χ0) is 44.0. The van der Waals surface area contributed by atoms with Crippen LogP contribution >= 0.6 is 11.3 Å². The average Bonchev–Trinajstić information content (AvgIpc) is 3.97. The van der Waals surface area contributed by atoms with Crippen molar-refractivity contribution in [3.63, 3.8) is 0 Å². The van der Waals surface area contributed by atoms with Gasteiger partial charge in [0.25, 0.3) is 0 Å². The van der Waals surface area contributed by atoms with Crippen molar-refractivity contribution >= 4 is 48.6 Å². The Balaban J connectivity index is 0.966. The minimum atomic E-state index is -0.203. The van der Waals surface area contributed by atoms with E-state index in [0.717, 1.165) is 5.69 Å². The normalized spacial score (nSPS) is 15.3. The highest BCUT2D eigenvalue weighted by Gasteiger charge is 2.43. The predicted octanol–water partition coefficient (Wildman–Crippen LogP) is 17.8. The number of hydrogen-bond acceptors (Lipinski definition) is 2. The van der Waals surface area contributed by atoms with E-state index in [2.05, 4.69) is 234 Å². The third kappa shape index (κ3) is 5.44. The van der Waals surface area contributed by atoms with Crippen molar-refractivity contribution in [2.45, 2.75) is 57.8 Å². The van der Waals surface area contributed by atoms with Crippen LogP contribution in [0.15, 0.2) is 188 Å². The Morgan fingerprint density at radius 2 is 0.862 bits per heavy atom. The first kappa shape index (κ1) is 38.5. The molecule has 1 nitrogen and oxygen atoms in total. The van der Waals surface area contributed by atoms with Gasteiger partial charge >= 0.3 is 0 Å². The van der Waals surface area contributed by atoms with Gasteiger partial charge in [-0.15, -0.1) is 11.3 Å². The standard InChI is InChI=1S/C63H49NS/c1-61(2)51-19-12-10-17-44(51)45-31-29-43(35-54(45)61)64(42-27-23-39(24-28-42)38-15-8-7-9-16-38)57-21-14-20-52-60(57)50-37-55-48(36-56(50)62(52,3)4)46-30-25-41(34-53(46)63(55,5)6)40-26-32-59-49(33-40)47-18-11-13-22-58(47)65-59/h7-37H,1-6H3. The smallest absolute Gasteiger partial charge is 0.0543 e. The van der Waals surface area contributed by atoms with Crippen LogP contribution in [0.4, 0.5) is 17.1 Å². The third-order valence-electron chi connectivity index (χ3n) is 15.5. The molecule has 312 valence electrons. The maximum atomic E-state index is 2.57. The van der Waals surface area contributed by atoms with Gasteiger partial charge in [0.1, 0.15) is 0 Å². The van der Waals surface area contributed by atoms with Crippen LogP contribution in [-0.2, 0) is 16.2 Å². The summed E-state index contributed by atoms with van der Waals surface area (Å²) in [5.74, 6) is 0. The minimum Gasteiger partial charge on any atom is -0.310 e. The molecule has 0 aliphatic heterocycles. The zero-order valence-electron chi connectivity index (χ0n) is 37.8. The molecule has 0 bridgehead atoms. The van der Waals surface area contributed by atoms with Crippen LogP contribution in [0.3, 0.4) is 0 Å². The lowest BCUT2D eigenvalue weighted by molar-refractivity contribution is 0.652. The molecule has 1 heterocycles. The van der Waals surface area contributed by atoms with Gasteiger partial charge in [-0.25, -0.2) is 0 Å². The summed E-state index contributed by atoms with van der Waals surface area (Å²) in [6, 6.07) is 71.3. The molecule has 1 aromatic heterocycles. The van der Waals surface area contributed by atoms with E-state index in [9.17, 15) is 0 Å². The van der Waals surface area contributed by atoms with E-state index < -0.39 is 0 Å². The first-order chi connectivity index (χ1) is 31.5. The van der Waals surface area contributed by atoms with E-state index in [-0.39, 0.29) is 16.2 Å². The van der Waals surface area contributed by atoms with Crippen LogP contribution in [0.25, 0.3) is 75.8 Å². The molecule has 0 fully saturated rings. The second-order valence-electron chi connectivity index (χ2n) is 20.1. The van der Waals surface area contributed by atoms with Gasteiger partial charge in [0, 0.05) is 53.4 Å². The van der Waals surface area contributed by atoms with Gasteiger partial charge in [-0.3, -0.25) is 0 Å². The Labute approximate surface area is 386 Å². The number of anilines is 3. The summed E-state index contributed by atoms with van der Waals surface area (Å²) < 4.78 is 2.69. The minimum absolute atomic E-state index is 0.121. The Hall–Kier alpha value is -7.00. The van der Waals surface area contributed by atoms with E-state index in [0.29, 0.717) is 0 Å². The summed E-state index contributed by atoms with van der Waals surface area (Å²) in [7, 11) is 0. The molecule has 13 rings (SSSR count). The van der Waals surface area contributed by atoms with Gasteiger partial charge in [0.05, 0.1) is 5.69 Å². The van der Waals surface area contributed by atoms with E-state index >= 15 is 0 Å². The first-order valence-electron chi connectivity index (χ1n) is 23.1. The fourth-order valence-corrected chi connectivity index (χ4v) is 13.0. The molecular weight excluding hydrogens is 803 g/mol. The molecule has 0 amide bonds. The van der Waals surface area contributed by atoms with Crippen LogP contribution in [0.2, 0.25) is 0 Å². The molecular formula is C63H49NS. The molecule has 2 heteroatoms. The van der Waals surface area contributed by atoms with Crippen LogP contribution in [0.5, 0.6) is 0 Å². The number of rotatable bonds is 5. The lowest BCUT2D eigenvalue weighted by atomic mass is 9.79. The van der Waals surface area contributed by atoms with Gasteiger partial charge in [0.2, 0.25) is 0 Å². The highest BCUT2D eigenvalue weighted by molar-refractivity contribution is 7.25. The van der Waals surface area contributed by atoms with Crippen molar-refractivity contribution in [1.82, 2.24) is 0 Å². The molecule has 65 heavy (non-hydrogen) atoms. The molecule has 0 N–H and O–H groups in total. The summed E-state index contributed by atoms with van der Waals surface area (Å²) in [5.41, 5.74) is 24.4. The Morgan fingerprint density at radius 3 is 1.71 bits per heavy atom. The molecule has 0 spiro atoms. The highest BCUT2D eigenvalue weighted by atomic mass is 32.1. The number of fused-ring (bicyclic) bond motifs is 12. The van der Waals surface area contributed by atoms with E-state index in [1.165, 1.54) is 121 Å². The summed E-state index contributed by atoms with van der Waals surface area (Å²) in [4.78, 5) is 2.53. The molecule has 9 aromatic carbocycles. The Kier molecular flexibility index (Phi) is 8.00. The molecule has 10 aromatic rings. The Morgan fingerprint density at radius 1 is 0.323 bits per heavy atom. The molecule has 0 saturated carbocycles. The van der Waals surface area contributed by atoms with Crippen molar-refractivity contribution in [3.8, 4) is 55.6 Å². The first-order valence-corrected chi connectivity index (χ1v) is 23.9. The fraction of sp³-hybridized carbons (Fsp3) is 0.143. The lowest BCUT2D eigenvalue weighted by Crippen LogP contribution is -2.17. The number of thiophene rings is 1. The van der Waals surface area contributed by atoms with Gasteiger partial charge in [-0.2, -0.15) is 0 Å². The Bertz CT molecular complexity index is 3620. The summed E-state index contributed by atoms with van der Waals surface area (Å²) >= 11 is 1.88. The quantitative estimate of drug-likeness (QED) is 0.167. The van der Waals surface area contributed by atoms with Crippen molar-refractivity contribution in [1.29, 1.82) is 0 Å². The van der Waals surface area contributed by atoms with Crippen LogP contribution in [0.1, 0.15) is 74.9 Å². The third-order valence-corrected chi connectivity index (χ3v) is 16.6. The second-order valence-corrected chi connectivity index (χ2v) is 21.2. The summed E-state index contributed by atoms with van der Waals surface area (Å²) in [6.07, 6.45) is 0. The molecule has 0 saturated heterocycles. The average molecular weight is 852 g/mol. The predicted molar refractivity (Wildman–Crippen MR) is 278 cm³/mol. The monoisotopic (exact) mass is 851 g/mol. The topological polar surface area (TPSA) is 3.24 Å². The van der Waals surface area contributed by atoms with Crippen LogP contribution < -0.4 is 4.90 Å². The van der Waals surface area contributed by atoms with Crippen LogP contribution in [-0.4, -0.2) is 0 Å². The van der Waals surface area contributed by atoms with Gasteiger partial charge in [0.15, 0.2) is 0 Å². The van der Waals surface area contributed by atoms with Gasteiger partial charge in [-0.1, -0.05) is 163 Å². The maximum Gasteiger partial charge on any atom is 0.0543 e. The highest BCUT2D eigenvalue weighted by Crippen LogP contribution is 2.60.